The molecule has 26 heavy (non-hydrogen) atoms. The van der Waals surface area contributed by atoms with E-state index in [4.69, 9.17) is 11.6 Å². The predicted molar refractivity (Wildman–Crippen MR) is 99.4 cm³/mol. The Bertz CT molecular complexity index is 735. The second kappa shape index (κ2) is 8.60. The number of likely N-dealkylation sites (tertiary alicyclic amines) is 1. The summed E-state index contributed by atoms with van der Waals surface area (Å²) in [5.74, 6) is 1.07. The summed E-state index contributed by atoms with van der Waals surface area (Å²) < 4.78 is 1.92. The minimum Gasteiger partial charge on any atom is -0.335 e. The zero-order valence-corrected chi connectivity index (χ0v) is 16.1. The Morgan fingerprint density at radius 1 is 1.27 bits per heavy atom. The number of hydrogen-bond donors (Lipinski definition) is 0. The van der Waals surface area contributed by atoms with Crippen LogP contribution in [0.2, 0.25) is 5.15 Å². The third-order valence-electron chi connectivity index (χ3n) is 5.00. The molecule has 0 saturated carbocycles. The van der Waals surface area contributed by atoms with Crippen molar-refractivity contribution >= 4 is 17.5 Å². The Kier molecular flexibility index (Phi) is 6.21. The number of carbonyl (C=O) groups excluding carboxylic acids is 1. The van der Waals surface area contributed by atoms with Crippen LogP contribution < -0.4 is 0 Å². The Balaban J connectivity index is 1.62. The normalized spacial score (nSPS) is 18.5. The Morgan fingerprint density at radius 2 is 2.04 bits per heavy atom. The predicted octanol–water partition coefficient (Wildman–Crippen LogP) is 2.27. The van der Waals surface area contributed by atoms with Crippen LogP contribution in [-0.2, 0) is 24.9 Å². The molecule has 0 unspecified atom stereocenters. The van der Waals surface area contributed by atoms with Gasteiger partial charge in [-0.2, -0.15) is 0 Å². The second-order valence-corrected chi connectivity index (χ2v) is 7.20. The fraction of sp³-hybridized carbons (Fsp3) is 0.556. The summed E-state index contributed by atoms with van der Waals surface area (Å²) in [5.41, 5.74) is 0.964. The van der Waals surface area contributed by atoms with Crippen molar-refractivity contribution in [2.75, 3.05) is 13.1 Å². The van der Waals surface area contributed by atoms with Crippen LogP contribution in [0, 0.1) is 0 Å². The highest BCUT2D eigenvalue weighted by molar-refractivity contribution is 6.29. The third kappa shape index (κ3) is 4.59. The number of aromatic nitrogens is 4. The van der Waals surface area contributed by atoms with Crippen molar-refractivity contribution in [2.45, 2.75) is 45.3 Å². The molecular weight excluding hydrogens is 352 g/mol. The molecule has 7 nitrogen and oxygen atoms in total. The number of rotatable bonds is 5. The van der Waals surface area contributed by atoms with E-state index in [2.05, 4.69) is 19.9 Å². The lowest BCUT2D eigenvalue weighted by Crippen LogP contribution is -2.39. The highest BCUT2D eigenvalue weighted by atomic mass is 35.5. The summed E-state index contributed by atoms with van der Waals surface area (Å²) in [7, 11) is 1.94. The van der Waals surface area contributed by atoms with Gasteiger partial charge in [0.15, 0.2) is 0 Å². The maximum Gasteiger partial charge on any atom is 0.219 e. The van der Waals surface area contributed by atoms with Gasteiger partial charge in [-0.3, -0.25) is 9.69 Å². The van der Waals surface area contributed by atoms with E-state index in [1.165, 1.54) is 6.33 Å². The first-order valence-corrected chi connectivity index (χ1v) is 9.32. The summed E-state index contributed by atoms with van der Waals surface area (Å²) in [4.78, 5) is 29.1. The van der Waals surface area contributed by atoms with Gasteiger partial charge >= 0.3 is 0 Å². The standard InChI is InChI=1S/C18H25ClN6O/c1-14(26)25(11-15-8-20-13-21-9-15)16-4-3-6-24(7-5-16)12-18-22-10-17(19)23(18)2/h8-10,13,16H,3-7,11-12H2,1-2H3/t16-/m1/s1. The van der Waals surface area contributed by atoms with E-state index in [-0.39, 0.29) is 11.9 Å². The van der Waals surface area contributed by atoms with E-state index < -0.39 is 0 Å². The molecule has 2 aromatic rings. The van der Waals surface area contributed by atoms with Crippen molar-refractivity contribution in [1.82, 2.24) is 29.3 Å². The molecule has 1 aliphatic rings. The van der Waals surface area contributed by atoms with Crippen molar-refractivity contribution in [2.24, 2.45) is 7.05 Å². The SMILES string of the molecule is CC(=O)N(Cc1cncnc1)[C@@H]1CCCN(Cc2ncc(Cl)n2C)CC1. The molecule has 1 atom stereocenters. The number of hydrogen-bond acceptors (Lipinski definition) is 5. The smallest absolute Gasteiger partial charge is 0.219 e. The first-order chi connectivity index (χ1) is 12.5. The summed E-state index contributed by atoms with van der Waals surface area (Å²) in [6, 6.07) is 0.239. The van der Waals surface area contributed by atoms with Gasteiger partial charge in [-0.1, -0.05) is 11.6 Å². The first-order valence-electron chi connectivity index (χ1n) is 8.94. The number of carbonyl (C=O) groups is 1. The molecule has 0 bridgehead atoms. The third-order valence-corrected chi connectivity index (χ3v) is 5.35. The highest BCUT2D eigenvalue weighted by Gasteiger charge is 2.25. The van der Waals surface area contributed by atoms with Gasteiger partial charge in [-0.25, -0.2) is 15.0 Å². The number of amides is 1. The molecule has 1 saturated heterocycles. The highest BCUT2D eigenvalue weighted by Crippen LogP contribution is 2.21. The molecule has 0 N–H and O–H groups in total. The largest absolute Gasteiger partial charge is 0.335 e. The molecule has 0 spiro atoms. The molecule has 0 aromatic carbocycles. The van der Waals surface area contributed by atoms with Crippen LogP contribution in [0.4, 0.5) is 0 Å². The van der Waals surface area contributed by atoms with E-state index in [0.29, 0.717) is 11.7 Å². The molecule has 140 valence electrons. The van der Waals surface area contributed by atoms with E-state index in [9.17, 15) is 4.79 Å². The van der Waals surface area contributed by atoms with E-state index in [0.717, 1.165) is 50.3 Å². The van der Waals surface area contributed by atoms with Gasteiger partial charge in [0.1, 0.15) is 17.3 Å². The van der Waals surface area contributed by atoms with Gasteiger partial charge in [-0.15, -0.1) is 0 Å². The number of imidazole rings is 1. The van der Waals surface area contributed by atoms with Crippen molar-refractivity contribution in [3.63, 3.8) is 0 Å². The molecule has 3 heterocycles. The van der Waals surface area contributed by atoms with Gasteiger partial charge in [-0.05, 0) is 25.8 Å². The first kappa shape index (κ1) is 18.8. The minimum absolute atomic E-state index is 0.100. The average Bonchev–Trinajstić information content (AvgIpc) is 2.83. The maximum atomic E-state index is 12.2. The Hall–Kier alpha value is -1.99. The maximum absolute atomic E-state index is 12.2. The van der Waals surface area contributed by atoms with Crippen LogP contribution in [0.1, 0.15) is 37.6 Å². The van der Waals surface area contributed by atoms with E-state index >= 15 is 0 Å². The monoisotopic (exact) mass is 376 g/mol. The van der Waals surface area contributed by atoms with Crippen LogP contribution in [0.15, 0.2) is 24.9 Å². The molecule has 2 aromatic heterocycles. The number of halogens is 1. The topological polar surface area (TPSA) is 67.2 Å². The molecule has 0 radical (unpaired) electrons. The molecule has 1 fully saturated rings. The van der Waals surface area contributed by atoms with Gasteiger partial charge in [0.05, 0.1) is 12.7 Å². The zero-order chi connectivity index (χ0) is 18.5. The van der Waals surface area contributed by atoms with Crippen LogP contribution >= 0.6 is 11.6 Å². The van der Waals surface area contributed by atoms with Crippen molar-refractivity contribution < 1.29 is 4.79 Å². The summed E-state index contributed by atoms with van der Waals surface area (Å²) in [6.07, 6.45) is 9.76. The van der Waals surface area contributed by atoms with Crippen molar-refractivity contribution in [3.05, 3.63) is 41.5 Å². The van der Waals surface area contributed by atoms with Crippen molar-refractivity contribution in [3.8, 4) is 0 Å². The summed E-state index contributed by atoms with van der Waals surface area (Å²) >= 11 is 6.08. The lowest BCUT2D eigenvalue weighted by atomic mass is 10.1. The van der Waals surface area contributed by atoms with E-state index in [1.54, 1.807) is 25.5 Å². The quantitative estimate of drug-likeness (QED) is 0.800. The summed E-state index contributed by atoms with van der Waals surface area (Å²) in [5, 5.41) is 0.653. The van der Waals surface area contributed by atoms with Crippen molar-refractivity contribution in [1.29, 1.82) is 0 Å². The molecule has 8 heteroatoms. The molecule has 1 aliphatic heterocycles. The van der Waals surface area contributed by atoms with Crippen LogP contribution in [0.25, 0.3) is 0 Å². The molecule has 0 aliphatic carbocycles. The molecule has 3 rings (SSSR count). The molecule has 1 amide bonds. The fourth-order valence-electron chi connectivity index (χ4n) is 3.49. The van der Waals surface area contributed by atoms with E-state index in [1.807, 2.05) is 16.5 Å². The number of nitrogens with zero attached hydrogens (tertiary/aromatic N) is 6. The van der Waals surface area contributed by atoms with Crippen LogP contribution in [-0.4, -0.2) is 54.4 Å². The summed E-state index contributed by atoms with van der Waals surface area (Å²) in [6.45, 7) is 4.92. The lowest BCUT2D eigenvalue weighted by molar-refractivity contribution is -0.132. The Morgan fingerprint density at radius 3 is 2.69 bits per heavy atom. The van der Waals surface area contributed by atoms with Gasteiger partial charge in [0, 0.05) is 51.1 Å². The van der Waals surface area contributed by atoms with Gasteiger partial charge < -0.3 is 9.47 Å². The fourth-order valence-corrected chi connectivity index (χ4v) is 3.63. The van der Waals surface area contributed by atoms with Gasteiger partial charge in [0.25, 0.3) is 0 Å². The minimum atomic E-state index is 0.100. The Labute approximate surface area is 159 Å². The van der Waals surface area contributed by atoms with Crippen LogP contribution in [0.3, 0.4) is 0 Å². The lowest BCUT2D eigenvalue weighted by Gasteiger charge is -2.30. The van der Waals surface area contributed by atoms with Crippen LogP contribution in [0.5, 0.6) is 0 Å². The average molecular weight is 377 g/mol. The second-order valence-electron chi connectivity index (χ2n) is 6.81. The van der Waals surface area contributed by atoms with Gasteiger partial charge in [0.2, 0.25) is 5.91 Å². The zero-order valence-electron chi connectivity index (χ0n) is 15.3. The molecular formula is C18H25ClN6O.